The van der Waals surface area contributed by atoms with Gasteiger partial charge >= 0.3 is 0 Å². The summed E-state index contributed by atoms with van der Waals surface area (Å²) in [5.74, 6) is 0. The zero-order valence-electron chi connectivity index (χ0n) is 8.93. The predicted octanol–water partition coefficient (Wildman–Crippen LogP) is 5.35. The minimum Gasteiger partial charge on any atom is -0.377 e. The van der Waals surface area contributed by atoms with Gasteiger partial charge in [-0.05, 0) is 50.9 Å². The molecular weight excluding hydrogens is 432 g/mol. The van der Waals surface area contributed by atoms with Crippen LogP contribution in [0.15, 0.2) is 30.9 Å². The van der Waals surface area contributed by atoms with E-state index in [-0.39, 0.29) is 0 Å². The molecule has 2 aromatic rings. The molecule has 2 nitrogen and oxygen atoms in total. The first-order valence-electron chi connectivity index (χ1n) is 4.85. The van der Waals surface area contributed by atoms with Crippen LogP contribution in [0.25, 0.3) is 0 Å². The Balaban J connectivity index is 2.14. The summed E-state index contributed by atoms with van der Waals surface area (Å²) in [6.07, 6.45) is 0. The fraction of sp³-hybridized carbons (Fsp3) is 0.182. The van der Waals surface area contributed by atoms with Crippen molar-refractivity contribution in [1.29, 1.82) is 0 Å². The predicted molar refractivity (Wildman–Crippen MR) is 83.7 cm³/mol. The number of nitrogens with one attached hydrogen (secondary N) is 1. The van der Waals surface area contributed by atoms with Gasteiger partial charge in [-0.2, -0.15) is 0 Å². The Hall–Kier alpha value is 0.0900. The Kier molecular flexibility index (Phi) is 4.63. The SMILES string of the molecule is Cc1csc(CNc2c(Br)cc(Br)cc2Br)n1. The van der Waals surface area contributed by atoms with Crippen LogP contribution in [0.2, 0.25) is 0 Å². The van der Waals surface area contributed by atoms with Crippen LogP contribution in [0.1, 0.15) is 10.7 Å². The number of aryl methyl sites for hydroxylation is 1. The normalized spacial score (nSPS) is 10.6. The second-order valence-electron chi connectivity index (χ2n) is 3.48. The Morgan fingerprint density at radius 1 is 1.24 bits per heavy atom. The number of hydrogen-bond acceptors (Lipinski definition) is 3. The first-order valence-corrected chi connectivity index (χ1v) is 8.11. The third-order valence-corrected chi connectivity index (χ3v) is 4.77. The van der Waals surface area contributed by atoms with Crippen molar-refractivity contribution in [3.63, 3.8) is 0 Å². The molecule has 0 atom stereocenters. The number of nitrogens with zero attached hydrogens (tertiary/aromatic N) is 1. The van der Waals surface area contributed by atoms with Gasteiger partial charge in [0.15, 0.2) is 0 Å². The number of halogens is 3. The molecule has 0 unspecified atom stereocenters. The van der Waals surface area contributed by atoms with Crippen LogP contribution in [-0.4, -0.2) is 4.98 Å². The van der Waals surface area contributed by atoms with E-state index in [1.807, 2.05) is 19.1 Å². The summed E-state index contributed by atoms with van der Waals surface area (Å²) in [5.41, 5.74) is 2.11. The van der Waals surface area contributed by atoms with Crippen molar-refractivity contribution >= 4 is 64.8 Å². The molecule has 6 heteroatoms. The molecule has 1 N–H and O–H groups in total. The second kappa shape index (κ2) is 5.82. The minimum absolute atomic E-state index is 0.733. The summed E-state index contributed by atoms with van der Waals surface area (Å²) in [7, 11) is 0. The number of hydrogen-bond donors (Lipinski definition) is 1. The molecule has 0 radical (unpaired) electrons. The minimum atomic E-state index is 0.733. The third kappa shape index (κ3) is 3.53. The van der Waals surface area contributed by atoms with E-state index in [4.69, 9.17) is 0 Å². The summed E-state index contributed by atoms with van der Waals surface area (Å²) >= 11 is 12.2. The molecule has 17 heavy (non-hydrogen) atoms. The lowest BCUT2D eigenvalue weighted by molar-refractivity contribution is 1.07. The van der Waals surface area contributed by atoms with Crippen LogP contribution in [-0.2, 0) is 6.54 Å². The molecule has 0 saturated heterocycles. The van der Waals surface area contributed by atoms with Gasteiger partial charge in [0.1, 0.15) is 5.01 Å². The molecule has 1 heterocycles. The number of aromatic nitrogens is 1. The zero-order valence-corrected chi connectivity index (χ0v) is 14.5. The molecule has 1 aromatic carbocycles. The van der Waals surface area contributed by atoms with Crippen LogP contribution in [0.5, 0.6) is 0 Å². The molecule has 0 aliphatic rings. The van der Waals surface area contributed by atoms with E-state index < -0.39 is 0 Å². The fourth-order valence-electron chi connectivity index (χ4n) is 1.36. The molecule has 0 aliphatic heterocycles. The van der Waals surface area contributed by atoms with Gasteiger partial charge in [-0.25, -0.2) is 4.98 Å². The summed E-state index contributed by atoms with van der Waals surface area (Å²) in [5, 5.41) is 6.52. The Bertz CT molecular complexity index is 516. The number of rotatable bonds is 3. The maximum absolute atomic E-state index is 4.42. The van der Waals surface area contributed by atoms with Crippen molar-refractivity contribution in [2.24, 2.45) is 0 Å². The van der Waals surface area contributed by atoms with E-state index in [2.05, 4.69) is 63.5 Å². The van der Waals surface area contributed by atoms with E-state index in [0.717, 1.165) is 36.4 Å². The maximum Gasteiger partial charge on any atom is 0.112 e. The maximum atomic E-state index is 4.42. The summed E-state index contributed by atoms with van der Waals surface area (Å²) in [4.78, 5) is 4.42. The highest BCUT2D eigenvalue weighted by molar-refractivity contribution is 9.11. The Labute approximate surface area is 129 Å². The van der Waals surface area contributed by atoms with E-state index >= 15 is 0 Å². The highest BCUT2D eigenvalue weighted by atomic mass is 79.9. The standard InChI is InChI=1S/C11H9Br3N2S/c1-6-5-17-10(16-6)4-15-11-8(13)2-7(12)3-9(11)14/h2-3,5,15H,4H2,1H3. The van der Waals surface area contributed by atoms with Crippen molar-refractivity contribution in [2.45, 2.75) is 13.5 Å². The average molecular weight is 441 g/mol. The molecule has 2 rings (SSSR count). The van der Waals surface area contributed by atoms with Crippen molar-refractivity contribution in [3.8, 4) is 0 Å². The van der Waals surface area contributed by atoms with Crippen molar-refractivity contribution in [3.05, 3.63) is 41.6 Å². The molecule has 0 aliphatic carbocycles. The Morgan fingerprint density at radius 2 is 1.88 bits per heavy atom. The smallest absolute Gasteiger partial charge is 0.112 e. The van der Waals surface area contributed by atoms with E-state index in [0.29, 0.717) is 0 Å². The third-order valence-electron chi connectivity index (χ3n) is 2.09. The molecule has 0 fully saturated rings. The van der Waals surface area contributed by atoms with Gasteiger partial charge in [-0.1, -0.05) is 15.9 Å². The van der Waals surface area contributed by atoms with Crippen molar-refractivity contribution in [2.75, 3.05) is 5.32 Å². The molecule has 0 spiro atoms. The first-order chi connectivity index (χ1) is 8.06. The fourth-order valence-corrected chi connectivity index (χ4v) is 4.61. The van der Waals surface area contributed by atoms with Crippen LogP contribution < -0.4 is 5.32 Å². The van der Waals surface area contributed by atoms with Gasteiger partial charge in [-0.15, -0.1) is 11.3 Å². The van der Waals surface area contributed by atoms with Gasteiger partial charge in [0.25, 0.3) is 0 Å². The number of anilines is 1. The lowest BCUT2D eigenvalue weighted by atomic mass is 10.3. The van der Waals surface area contributed by atoms with Crippen LogP contribution in [0, 0.1) is 6.92 Å². The molecule has 0 bridgehead atoms. The van der Waals surface area contributed by atoms with Gasteiger partial charge in [0, 0.05) is 24.5 Å². The zero-order chi connectivity index (χ0) is 12.4. The van der Waals surface area contributed by atoms with Crippen molar-refractivity contribution < 1.29 is 0 Å². The quantitative estimate of drug-likeness (QED) is 0.695. The van der Waals surface area contributed by atoms with E-state index in [9.17, 15) is 0 Å². The largest absolute Gasteiger partial charge is 0.377 e. The molecule has 0 saturated carbocycles. The lowest BCUT2D eigenvalue weighted by Crippen LogP contribution is -2.00. The lowest BCUT2D eigenvalue weighted by Gasteiger charge is -2.10. The summed E-state index contributed by atoms with van der Waals surface area (Å²) in [6, 6.07) is 4.03. The highest BCUT2D eigenvalue weighted by Gasteiger charge is 2.07. The monoisotopic (exact) mass is 438 g/mol. The van der Waals surface area contributed by atoms with Gasteiger partial charge < -0.3 is 5.32 Å². The topological polar surface area (TPSA) is 24.9 Å². The average Bonchev–Trinajstić information content (AvgIpc) is 2.62. The molecular formula is C11H9Br3N2S. The molecule has 90 valence electrons. The van der Waals surface area contributed by atoms with Gasteiger partial charge in [-0.3, -0.25) is 0 Å². The summed E-state index contributed by atoms with van der Waals surface area (Å²) in [6.45, 7) is 2.74. The van der Waals surface area contributed by atoms with Gasteiger partial charge in [0.2, 0.25) is 0 Å². The van der Waals surface area contributed by atoms with Crippen LogP contribution in [0.3, 0.4) is 0 Å². The van der Waals surface area contributed by atoms with Crippen molar-refractivity contribution in [1.82, 2.24) is 4.98 Å². The number of benzene rings is 1. The van der Waals surface area contributed by atoms with E-state index in [1.165, 1.54) is 0 Å². The first kappa shape index (κ1) is 13.5. The Morgan fingerprint density at radius 3 is 2.41 bits per heavy atom. The second-order valence-corrected chi connectivity index (χ2v) is 7.05. The molecule has 1 aromatic heterocycles. The number of thiazole rings is 1. The van der Waals surface area contributed by atoms with Crippen LogP contribution >= 0.6 is 59.1 Å². The summed E-state index contributed by atoms with van der Waals surface area (Å²) < 4.78 is 3.07. The van der Waals surface area contributed by atoms with E-state index in [1.54, 1.807) is 11.3 Å². The molecule has 0 amide bonds. The highest BCUT2D eigenvalue weighted by Crippen LogP contribution is 2.34. The van der Waals surface area contributed by atoms with Gasteiger partial charge in [0.05, 0.1) is 12.2 Å². The van der Waals surface area contributed by atoms with Crippen LogP contribution in [0.4, 0.5) is 5.69 Å².